The zero-order valence-electron chi connectivity index (χ0n) is 22.3. The first-order chi connectivity index (χ1) is 18.8. The second-order valence-corrected chi connectivity index (χ2v) is 10.8. The molecule has 0 atom stereocenters. The van der Waals surface area contributed by atoms with E-state index in [-0.39, 0.29) is 24.7 Å². The van der Waals surface area contributed by atoms with Crippen LogP contribution in [0.1, 0.15) is 52.1 Å². The molecule has 214 valence electrons. The normalized spacial score (nSPS) is 18.5. The molecule has 0 saturated carbocycles. The average molecular weight is 563 g/mol. The molecule has 2 saturated heterocycles. The molecule has 6 nitrogen and oxygen atoms in total. The summed E-state index contributed by atoms with van der Waals surface area (Å²) in [4.78, 5) is 32.2. The summed E-state index contributed by atoms with van der Waals surface area (Å²) in [5.74, 6) is -3.47. The summed E-state index contributed by atoms with van der Waals surface area (Å²) in [6.07, 6.45) is -3.71. The lowest BCUT2D eigenvalue weighted by atomic mass is 10.0. The maximum atomic E-state index is 13.8. The second kappa shape index (κ2) is 10.5. The van der Waals surface area contributed by atoms with Crippen molar-refractivity contribution in [1.29, 1.82) is 0 Å². The van der Waals surface area contributed by atoms with Crippen LogP contribution in [0.25, 0.3) is 16.6 Å². The molecule has 11 heteroatoms. The minimum absolute atomic E-state index is 0.132. The van der Waals surface area contributed by atoms with Crippen LogP contribution < -0.4 is 0 Å². The fourth-order valence-electron chi connectivity index (χ4n) is 5.55. The van der Waals surface area contributed by atoms with E-state index in [1.807, 2.05) is 14.1 Å². The smallest absolute Gasteiger partial charge is 0.339 e. The Hall–Kier alpha value is -3.47. The Morgan fingerprint density at radius 1 is 0.850 bits per heavy atom. The highest BCUT2D eigenvalue weighted by Crippen LogP contribution is 2.33. The van der Waals surface area contributed by atoms with Gasteiger partial charge in [0, 0.05) is 61.7 Å². The Morgan fingerprint density at radius 2 is 1.45 bits per heavy atom. The van der Waals surface area contributed by atoms with Crippen molar-refractivity contribution in [3.63, 3.8) is 0 Å². The summed E-state index contributed by atoms with van der Waals surface area (Å²) in [7, 11) is 4.04. The van der Waals surface area contributed by atoms with E-state index in [1.54, 1.807) is 29.2 Å². The molecule has 2 aliphatic heterocycles. The van der Waals surface area contributed by atoms with Gasteiger partial charge in [-0.15, -0.1) is 0 Å². The van der Waals surface area contributed by atoms with Gasteiger partial charge in [-0.05, 0) is 75.5 Å². The van der Waals surface area contributed by atoms with Crippen LogP contribution in [0.2, 0.25) is 0 Å². The molecule has 3 heterocycles. The Balaban J connectivity index is 1.51. The zero-order chi connectivity index (χ0) is 28.8. The van der Waals surface area contributed by atoms with Crippen LogP contribution in [0.5, 0.6) is 0 Å². The fraction of sp³-hybridized carbons (Fsp3) is 0.448. The molecule has 2 aliphatic rings. The number of carbonyl (C=O) groups is 2. The molecule has 0 spiro atoms. The number of hydrogen-bond donors (Lipinski definition) is 0. The first-order valence-electron chi connectivity index (χ1n) is 13.3. The Labute approximate surface area is 228 Å². The number of piperidine rings is 2. The predicted octanol–water partition coefficient (Wildman–Crippen LogP) is 5.69. The lowest BCUT2D eigenvalue weighted by molar-refractivity contribution is -0.137. The summed E-state index contributed by atoms with van der Waals surface area (Å²) in [5, 5.41) is 0.555. The number of alkyl halides is 5. The Kier molecular flexibility index (Phi) is 7.37. The fourth-order valence-corrected chi connectivity index (χ4v) is 5.55. The minimum atomic E-state index is -4.52. The van der Waals surface area contributed by atoms with E-state index in [0.29, 0.717) is 41.3 Å². The van der Waals surface area contributed by atoms with E-state index in [9.17, 15) is 31.5 Å². The molecular formula is C29H31F5N4O2. The van der Waals surface area contributed by atoms with Gasteiger partial charge in [0.25, 0.3) is 17.7 Å². The maximum absolute atomic E-state index is 13.8. The largest absolute Gasteiger partial charge is 0.416 e. The molecule has 0 N–H and O–H groups in total. The van der Waals surface area contributed by atoms with Gasteiger partial charge in [0.15, 0.2) is 0 Å². The van der Waals surface area contributed by atoms with Crippen LogP contribution >= 0.6 is 0 Å². The summed E-state index contributed by atoms with van der Waals surface area (Å²) in [6.45, 7) is 0.977. The number of rotatable bonds is 4. The van der Waals surface area contributed by atoms with Crippen LogP contribution in [0.4, 0.5) is 22.0 Å². The van der Waals surface area contributed by atoms with Crippen molar-refractivity contribution in [2.24, 2.45) is 0 Å². The predicted molar refractivity (Wildman–Crippen MR) is 141 cm³/mol. The van der Waals surface area contributed by atoms with Crippen LogP contribution in [0, 0.1) is 0 Å². The topological polar surface area (TPSA) is 48.8 Å². The van der Waals surface area contributed by atoms with E-state index in [2.05, 4.69) is 4.90 Å². The van der Waals surface area contributed by atoms with E-state index in [4.69, 9.17) is 0 Å². The first kappa shape index (κ1) is 28.1. The number of halogens is 5. The molecular weight excluding hydrogens is 531 g/mol. The van der Waals surface area contributed by atoms with E-state index >= 15 is 0 Å². The summed E-state index contributed by atoms with van der Waals surface area (Å²) < 4.78 is 68.6. The van der Waals surface area contributed by atoms with Gasteiger partial charge in [-0.1, -0.05) is 0 Å². The molecule has 1 aromatic heterocycles. The molecule has 2 aromatic carbocycles. The van der Waals surface area contributed by atoms with Crippen LogP contribution in [0.15, 0.2) is 48.5 Å². The van der Waals surface area contributed by atoms with Crippen molar-refractivity contribution in [1.82, 2.24) is 19.3 Å². The Morgan fingerprint density at radius 3 is 2.02 bits per heavy atom. The number of likely N-dealkylation sites (tertiary alicyclic amines) is 2. The van der Waals surface area contributed by atoms with Gasteiger partial charge >= 0.3 is 6.18 Å². The number of carbonyl (C=O) groups excluding carboxylic acids is 2. The Bertz CT molecular complexity index is 1400. The zero-order valence-corrected chi connectivity index (χ0v) is 22.3. The number of nitrogens with zero attached hydrogens (tertiary/aromatic N) is 4. The van der Waals surface area contributed by atoms with Crippen molar-refractivity contribution in [2.45, 2.75) is 43.8 Å². The molecule has 5 rings (SSSR count). The lowest BCUT2D eigenvalue weighted by Crippen LogP contribution is -2.44. The maximum Gasteiger partial charge on any atom is 0.416 e. The van der Waals surface area contributed by atoms with Gasteiger partial charge < -0.3 is 19.3 Å². The SMILES string of the molecule is CN(C)C1CCN(C(=O)c2ccc3c(c2)cc(C(=O)N2CCC(F)(F)CC2)n3-c2ccc(C(F)(F)F)cc2)CC1. The van der Waals surface area contributed by atoms with Gasteiger partial charge in [-0.25, -0.2) is 8.78 Å². The van der Waals surface area contributed by atoms with Gasteiger partial charge in [0.05, 0.1) is 11.1 Å². The third-order valence-corrected chi connectivity index (χ3v) is 7.98. The second-order valence-electron chi connectivity index (χ2n) is 10.8. The monoisotopic (exact) mass is 562 g/mol. The van der Waals surface area contributed by atoms with Crippen molar-refractivity contribution in [2.75, 3.05) is 40.3 Å². The molecule has 0 aliphatic carbocycles. The van der Waals surface area contributed by atoms with E-state index in [0.717, 1.165) is 25.0 Å². The standard InChI is InChI=1S/C29H31F5N4O2/c1-35(2)22-9-13-36(14-10-22)26(39)19-3-8-24-20(17-19)18-25(27(40)37-15-11-28(30,31)12-16-37)38(24)23-6-4-21(5-7-23)29(32,33)34/h3-8,17-18,22H,9-16H2,1-2H3. The molecule has 0 bridgehead atoms. The van der Waals surface area contributed by atoms with Gasteiger partial charge in [-0.3, -0.25) is 9.59 Å². The average Bonchev–Trinajstić information content (AvgIpc) is 3.30. The molecule has 40 heavy (non-hydrogen) atoms. The van der Waals surface area contributed by atoms with Gasteiger partial charge in [-0.2, -0.15) is 13.2 Å². The third kappa shape index (κ3) is 5.56. The van der Waals surface area contributed by atoms with Crippen LogP contribution in [-0.4, -0.2) is 83.3 Å². The summed E-state index contributed by atoms with van der Waals surface area (Å²) in [5.41, 5.74) is 0.588. The number of aromatic nitrogens is 1. The van der Waals surface area contributed by atoms with Crippen molar-refractivity contribution in [3.05, 3.63) is 65.4 Å². The van der Waals surface area contributed by atoms with Crippen LogP contribution in [0.3, 0.4) is 0 Å². The minimum Gasteiger partial charge on any atom is -0.339 e. The summed E-state index contributed by atoms with van der Waals surface area (Å²) >= 11 is 0. The molecule has 3 aromatic rings. The third-order valence-electron chi connectivity index (χ3n) is 7.98. The first-order valence-corrected chi connectivity index (χ1v) is 13.3. The van der Waals surface area contributed by atoms with E-state index in [1.165, 1.54) is 21.6 Å². The molecule has 2 amide bonds. The van der Waals surface area contributed by atoms with Crippen molar-refractivity contribution >= 4 is 22.7 Å². The highest BCUT2D eigenvalue weighted by Gasteiger charge is 2.37. The van der Waals surface area contributed by atoms with Gasteiger partial charge in [0.1, 0.15) is 5.69 Å². The van der Waals surface area contributed by atoms with Crippen molar-refractivity contribution < 1.29 is 31.5 Å². The molecule has 2 fully saturated rings. The number of hydrogen-bond acceptors (Lipinski definition) is 3. The van der Waals surface area contributed by atoms with Gasteiger partial charge in [0.2, 0.25) is 0 Å². The number of fused-ring (bicyclic) bond motifs is 1. The van der Waals surface area contributed by atoms with Crippen LogP contribution in [-0.2, 0) is 6.18 Å². The summed E-state index contributed by atoms with van der Waals surface area (Å²) in [6, 6.07) is 11.4. The lowest BCUT2D eigenvalue weighted by Gasteiger charge is -2.35. The number of benzene rings is 2. The number of amides is 2. The van der Waals surface area contributed by atoms with Crippen molar-refractivity contribution in [3.8, 4) is 5.69 Å². The molecule has 0 unspecified atom stereocenters. The van der Waals surface area contributed by atoms with E-state index < -0.39 is 36.4 Å². The highest BCUT2D eigenvalue weighted by molar-refractivity contribution is 6.03. The highest BCUT2D eigenvalue weighted by atomic mass is 19.4. The quantitative estimate of drug-likeness (QED) is 0.384. The molecule has 0 radical (unpaired) electrons.